The molecule has 0 aromatic heterocycles. The minimum absolute atomic E-state index is 0.0292. The molecule has 1 aromatic carbocycles. The second-order valence-electron chi connectivity index (χ2n) is 5.19. The lowest BCUT2D eigenvalue weighted by Crippen LogP contribution is -2.50. The molecule has 0 aliphatic carbocycles. The smallest absolute Gasteiger partial charge is 0.246 e. The first kappa shape index (κ1) is 18.3. The molecule has 1 fully saturated rings. The van der Waals surface area contributed by atoms with Crippen LogP contribution in [-0.2, 0) is 14.8 Å². The van der Waals surface area contributed by atoms with Crippen LogP contribution in [0, 0.1) is 11.6 Å². The van der Waals surface area contributed by atoms with Gasteiger partial charge in [0.1, 0.15) is 16.5 Å². The third-order valence-corrected chi connectivity index (χ3v) is 5.52. The molecule has 0 bridgehead atoms. The van der Waals surface area contributed by atoms with E-state index < -0.39 is 26.6 Å². The summed E-state index contributed by atoms with van der Waals surface area (Å²) in [5.74, 6) is -2.04. The van der Waals surface area contributed by atoms with E-state index in [2.05, 4.69) is 0 Å². The number of sulfonamides is 1. The second kappa shape index (κ2) is 7.67. The number of piperazine rings is 1. The first-order valence-electron chi connectivity index (χ1n) is 7.39. The van der Waals surface area contributed by atoms with Crippen LogP contribution in [0.2, 0.25) is 0 Å². The van der Waals surface area contributed by atoms with Crippen molar-refractivity contribution < 1.29 is 22.0 Å². The fourth-order valence-electron chi connectivity index (χ4n) is 2.32. The molecule has 1 saturated heterocycles. The molecule has 2 rings (SSSR count). The van der Waals surface area contributed by atoms with E-state index >= 15 is 0 Å². The molecular weight excluding hydrogens is 338 g/mol. The number of hydrogen-bond acceptors (Lipinski definition) is 3. The number of amides is 1. The molecule has 1 heterocycles. The molecule has 0 spiro atoms. The van der Waals surface area contributed by atoms with Gasteiger partial charge in [0.05, 0.1) is 0 Å². The van der Waals surface area contributed by atoms with Crippen LogP contribution < -0.4 is 0 Å². The third-order valence-electron chi connectivity index (χ3n) is 3.60. The van der Waals surface area contributed by atoms with Gasteiger partial charge in [0.15, 0.2) is 0 Å². The van der Waals surface area contributed by atoms with E-state index in [9.17, 15) is 22.0 Å². The van der Waals surface area contributed by atoms with Gasteiger partial charge in [0.2, 0.25) is 15.9 Å². The summed E-state index contributed by atoms with van der Waals surface area (Å²) < 4.78 is 52.9. The number of allylic oxidation sites excluding steroid dienone is 3. The maximum Gasteiger partial charge on any atom is 0.246 e. The van der Waals surface area contributed by atoms with Crippen LogP contribution in [0.25, 0.3) is 0 Å². The van der Waals surface area contributed by atoms with Gasteiger partial charge in [-0.1, -0.05) is 18.2 Å². The zero-order valence-corrected chi connectivity index (χ0v) is 14.0. The minimum atomic E-state index is -4.13. The van der Waals surface area contributed by atoms with Crippen LogP contribution in [0.4, 0.5) is 8.78 Å². The Bertz CT molecular complexity index is 768. The van der Waals surface area contributed by atoms with Gasteiger partial charge in [-0.25, -0.2) is 17.2 Å². The Morgan fingerprint density at radius 2 is 1.79 bits per heavy atom. The predicted molar refractivity (Wildman–Crippen MR) is 85.7 cm³/mol. The first-order valence-corrected chi connectivity index (χ1v) is 8.83. The number of rotatable bonds is 4. The third kappa shape index (κ3) is 4.07. The van der Waals surface area contributed by atoms with Crippen molar-refractivity contribution in [2.75, 3.05) is 26.2 Å². The highest BCUT2D eigenvalue weighted by atomic mass is 32.2. The molecule has 1 aliphatic heterocycles. The fourth-order valence-corrected chi connectivity index (χ4v) is 3.82. The molecule has 0 unspecified atom stereocenters. The molecule has 8 heteroatoms. The summed E-state index contributed by atoms with van der Waals surface area (Å²) in [6, 6.07) is 2.32. The molecular formula is C16H18F2N2O3S. The molecule has 1 aromatic rings. The molecule has 0 saturated carbocycles. The van der Waals surface area contributed by atoms with Crippen molar-refractivity contribution >= 4 is 15.9 Å². The SMILES string of the molecule is C/C=C/C=C/C(=O)N1CCN(S(=O)(=O)c2cc(F)ccc2F)CC1. The average molecular weight is 356 g/mol. The van der Waals surface area contributed by atoms with Crippen molar-refractivity contribution in [2.24, 2.45) is 0 Å². The normalized spacial score (nSPS) is 17.0. The zero-order chi connectivity index (χ0) is 17.7. The summed E-state index contributed by atoms with van der Waals surface area (Å²) in [5.41, 5.74) is 0. The van der Waals surface area contributed by atoms with Crippen molar-refractivity contribution in [2.45, 2.75) is 11.8 Å². The van der Waals surface area contributed by atoms with Crippen molar-refractivity contribution in [1.29, 1.82) is 0 Å². The summed E-state index contributed by atoms with van der Waals surface area (Å²) in [7, 11) is -4.13. The maximum atomic E-state index is 13.7. The molecule has 1 amide bonds. The average Bonchev–Trinajstić information content (AvgIpc) is 2.57. The molecule has 0 radical (unpaired) electrons. The fraction of sp³-hybridized carbons (Fsp3) is 0.312. The van der Waals surface area contributed by atoms with Crippen LogP contribution in [0.3, 0.4) is 0 Å². The highest BCUT2D eigenvalue weighted by Crippen LogP contribution is 2.21. The van der Waals surface area contributed by atoms with E-state index in [0.29, 0.717) is 6.07 Å². The van der Waals surface area contributed by atoms with Crippen LogP contribution in [0.5, 0.6) is 0 Å². The highest BCUT2D eigenvalue weighted by molar-refractivity contribution is 7.89. The van der Waals surface area contributed by atoms with Gasteiger partial charge in [-0.15, -0.1) is 0 Å². The standard InChI is InChI=1S/C16H18F2N2O3S/c1-2-3-4-5-16(21)19-8-10-20(11-9-19)24(22,23)15-12-13(17)6-7-14(15)18/h2-7,12H,8-11H2,1H3/b3-2+,5-4+. The minimum Gasteiger partial charge on any atom is -0.337 e. The van der Waals surface area contributed by atoms with E-state index in [1.54, 1.807) is 18.2 Å². The van der Waals surface area contributed by atoms with Crippen molar-refractivity contribution in [3.8, 4) is 0 Å². The molecule has 24 heavy (non-hydrogen) atoms. The Balaban J connectivity index is 2.08. The number of benzene rings is 1. The van der Waals surface area contributed by atoms with Crippen LogP contribution >= 0.6 is 0 Å². The summed E-state index contributed by atoms with van der Waals surface area (Å²) >= 11 is 0. The molecule has 130 valence electrons. The van der Waals surface area contributed by atoms with E-state index in [1.165, 1.54) is 11.0 Å². The van der Waals surface area contributed by atoms with Gasteiger partial charge in [0, 0.05) is 32.3 Å². The Morgan fingerprint density at radius 1 is 1.12 bits per heavy atom. The van der Waals surface area contributed by atoms with E-state index in [1.807, 2.05) is 6.92 Å². The number of hydrogen-bond donors (Lipinski definition) is 0. The summed E-state index contributed by atoms with van der Waals surface area (Å²) in [6.45, 7) is 2.26. The monoisotopic (exact) mass is 356 g/mol. The predicted octanol–water partition coefficient (Wildman–Crippen LogP) is 1.93. The molecule has 0 N–H and O–H groups in total. The lowest BCUT2D eigenvalue weighted by Gasteiger charge is -2.33. The van der Waals surface area contributed by atoms with Crippen molar-refractivity contribution in [3.63, 3.8) is 0 Å². The second-order valence-corrected chi connectivity index (χ2v) is 7.10. The topological polar surface area (TPSA) is 57.7 Å². The number of nitrogens with zero attached hydrogens (tertiary/aromatic N) is 2. The van der Waals surface area contributed by atoms with E-state index in [0.717, 1.165) is 16.4 Å². The van der Waals surface area contributed by atoms with Gasteiger partial charge in [-0.05, 0) is 25.1 Å². The molecule has 0 atom stereocenters. The van der Waals surface area contributed by atoms with E-state index in [4.69, 9.17) is 0 Å². The van der Waals surface area contributed by atoms with E-state index in [-0.39, 0.29) is 32.1 Å². The van der Waals surface area contributed by atoms with Gasteiger partial charge < -0.3 is 4.90 Å². The number of carbonyl (C=O) groups is 1. The van der Waals surface area contributed by atoms with Crippen LogP contribution in [0.15, 0.2) is 47.4 Å². The van der Waals surface area contributed by atoms with Gasteiger partial charge >= 0.3 is 0 Å². The first-order chi connectivity index (χ1) is 11.4. The largest absolute Gasteiger partial charge is 0.337 e. The maximum absolute atomic E-state index is 13.7. The highest BCUT2D eigenvalue weighted by Gasteiger charge is 2.31. The molecule has 1 aliphatic rings. The van der Waals surface area contributed by atoms with Gasteiger partial charge in [-0.3, -0.25) is 4.79 Å². The summed E-state index contributed by atoms with van der Waals surface area (Å²) in [4.78, 5) is 12.7. The summed E-state index contributed by atoms with van der Waals surface area (Å²) in [5, 5.41) is 0. The quantitative estimate of drug-likeness (QED) is 0.612. The Morgan fingerprint density at radius 3 is 2.42 bits per heavy atom. The zero-order valence-electron chi connectivity index (χ0n) is 13.2. The summed E-state index contributed by atoms with van der Waals surface area (Å²) in [6.07, 6.45) is 6.50. The van der Waals surface area contributed by atoms with Crippen molar-refractivity contribution in [1.82, 2.24) is 9.21 Å². The van der Waals surface area contributed by atoms with Crippen LogP contribution in [-0.4, -0.2) is 49.7 Å². The Kier molecular flexibility index (Phi) is 5.84. The lowest BCUT2D eigenvalue weighted by molar-refractivity contribution is -0.127. The van der Waals surface area contributed by atoms with Gasteiger partial charge in [-0.2, -0.15) is 4.31 Å². The number of halogens is 2. The molecule has 5 nitrogen and oxygen atoms in total. The Labute approximate surface area is 139 Å². The number of carbonyl (C=O) groups excluding carboxylic acids is 1. The van der Waals surface area contributed by atoms with Crippen LogP contribution in [0.1, 0.15) is 6.92 Å². The lowest BCUT2D eigenvalue weighted by atomic mass is 10.3. The van der Waals surface area contributed by atoms with Gasteiger partial charge in [0.25, 0.3) is 0 Å². The van der Waals surface area contributed by atoms with Crippen molar-refractivity contribution in [3.05, 3.63) is 54.1 Å². The Hall–Kier alpha value is -2.06.